The number of anilines is 2. The summed E-state index contributed by atoms with van der Waals surface area (Å²) in [5.74, 6) is -0.524. The zero-order valence-corrected chi connectivity index (χ0v) is 16.4. The van der Waals surface area contributed by atoms with Crippen LogP contribution in [-0.2, 0) is 14.8 Å². The number of amides is 1. The van der Waals surface area contributed by atoms with Crippen molar-refractivity contribution in [1.29, 1.82) is 0 Å². The van der Waals surface area contributed by atoms with E-state index in [9.17, 15) is 13.2 Å². The minimum absolute atomic E-state index is 0.203. The molecule has 134 valence electrons. The molecule has 1 unspecified atom stereocenters. The van der Waals surface area contributed by atoms with Gasteiger partial charge in [0, 0.05) is 20.8 Å². The van der Waals surface area contributed by atoms with E-state index in [2.05, 4.69) is 5.32 Å². The fraction of sp³-hybridized carbons (Fsp3) is 0.188. The first-order valence-corrected chi connectivity index (χ1v) is 10.1. The number of rotatable bonds is 5. The van der Waals surface area contributed by atoms with Crippen molar-refractivity contribution in [2.24, 2.45) is 0 Å². The van der Waals surface area contributed by atoms with Crippen LogP contribution >= 0.6 is 34.8 Å². The molecule has 9 heteroatoms. The maximum atomic E-state index is 12.5. The summed E-state index contributed by atoms with van der Waals surface area (Å²) in [6.07, 6.45) is 1.00. The largest absolute Gasteiger partial charge is 0.324 e. The highest BCUT2D eigenvalue weighted by atomic mass is 35.5. The average molecular weight is 422 g/mol. The molecule has 2 rings (SSSR count). The summed E-state index contributed by atoms with van der Waals surface area (Å²) in [6.45, 7) is 1.47. The Labute approximate surface area is 161 Å². The third kappa shape index (κ3) is 5.25. The van der Waals surface area contributed by atoms with Gasteiger partial charge in [0.15, 0.2) is 0 Å². The first kappa shape index (κ1) is 19.8. The number of nitrogens with one attached hydrogen (secondary N) is 1. The third-order valence-electron chi connectivity index (χ3n) is 3.28. The van der Waals surface area contributed by atoms with Crippen LogP contribution in [0.2, 0.25) is 15.1 Å². The summed E-state index contributed by atoms with van der Waals surface area (Å²) in [5, 5.41) is 3.61. The number of nitrogens with zero attached hydrogens (tertiary/aromatic N) is 1. The number of hydrogen-bond acceptors (Lipinski definition) is 3. The Hall–Kier alpha value is -1.47. The highest BCUT2D eigenvalue weighted by Crippen LogP contribution is 2.29. The van der Waals surface area contributed by atoms with Gasteiger partial charge in [0.1, 0.15) is 6.04 Å². The van der Waals surface area contributed by atoms with E-state index in [-0.39, 0.29) is 15.7 Å². The van der Waals surface area contributed by atoms with Gasteiger partial charge in [-0.2, -0.15) is 0 Å². The summed E-state index contributed by atoms with van der Waals surface area (Å²) in [6, 6.07) is 9.85. The lowest BCUT2D eigenvalue weighted by molar-refractivity contribution is -0.116. The summed E-state index contributed by atoms with van der Waals surface area (Å²) in [4.78, 5) is 12.5. The molecule has 5 nitrogen and oxygen atoms in total. The number of halogens is 3. The maximum absolute atomic E-state index is 12.5. The SMILES string of the molecule is CC(C(=O)Nc1cccc(Cl)c1)N(c1cc(Cl)cc(Cl)c1)S(C)(=O)=O. The second kappa shape index (κ2) is 7.83. The molecule has 1 atom stereocenters. The van der Waals surface area contributed by atoms with Gasteiger partial charge < -0.3 is 5.32 Å². The number of carbonyl (C=O) groups is 1. The van der Waals surface area contributed by atoms with Crippen molar-refractivity contribution in [3.63, 3.8) is 0 Å². The fourth-order valence-corrected chi connectivity index (χ4v) is 4.15. The van der Waals surface area contributed by atoms with E-state index < -0.39 is 22.0 Å². The van der Waals surface area contributed by atoms with Crippen LogP contribution in [0.25, 0.3) is 0 Å². The predicted octanol–water partition coefficient (Wildman–Crippen LogP) is 4.44. The van der Waals surface area contributed by atoms with Gasteiger partial charge in [-0.25, -0.2) is 8.42 Å². The molecule has 0 spiro atoms. The molecule has 0 aliphatic carbocycles. The van der Waals surface area contributed by atoms with Crippen LogP contribution < -0.4 is 9.62 Å². The molecule has 2 aromatic carbocycles. The molecular formula is C16H15Cl3N2O3S. The number of carbonyl (C=O) groups excluding carboxylic acids is 1. The zero-order valence-electron chi connectivity index (χ0n) is 13.3. The normalized spacial score (nSPS) is 12.5. The van der Waals surface area contributed by atoms with Gasteiger partial charge in [-0.15, -0.1) is 0 Å². The number of benzene rings is 2. The van der Waals surface area contributed by atoms with Crippen molar-refractivity contribution < 1.29 is 13.2 Å². The average Bonchev–Trinajstić information content (AvgIpc) is 2.44. The van der Waals surface area contributed by atoms with Crippen molar-refractivity contribution in [3.8, 4) is 0 Å². The quantitative estimate of drug-likeness (QED) is 0.776. The zero-order chi connectivity index (χ0) is 18.8. The highest BCUT2D eigenvalue weighted by molar-refractivity contribution is 7.92. The van der Waals surface area contributed by atoms with Gasteiger partial charge >= 0.3 is 0 Å². The van der Waals surface area contributed by atoms with Crippen LogP contribution in [0.5, 0.6) is 0 Å². The summed E-state index contributed by atoms with van der Waals surface area (Å²) >= 11 is 17.8. The molecule has 25 heavy (non-hydrogen) atoms. The van der Waals surface area contributed by atoms with Gasteiger partial charge in [0.05, 0.1) is 11.9 Å². The maximum Gasteiger partial charge on any atom is 0.247 e. The highest BCUT2D eigenvalue weighted by Gasteiger charge is 2.29. The fourth-order valence-electron chi connectivity index (χ4n) is 2.29. The van der Waals surface area contributed by atoms with Crippen LogP contribution in [-0.4, -0.2) is 26.6 Å². The molecule has 0 heterocycles. The van der Waals surface area contributed by atoms with Crippen LogP contribution in [0.1, 0.15) is 6.92 Å². The van der Waals surface area contributed by atoms with E-state index in [1.165, 1.54) is 25.1 Å². The van der Waals surface area contributed by atoms with Gasteiger partial charge in [0.25, 0.3) is 0 Å². The molecule has 1 N–H and O–H groups in total. The lowest BCUT2D eigenvalue weighted by atomic mass is 10.2. The van der Waals surface area contributed by atoms with Crippen molar-refractivity contribution in [1.82, 2.24) is 0 Å². The van der Waals surface area contributed by atoms with Crippen LogP contribution in [0, 0.1) is 0 Å². The smallest absolute Gasteiger partial charge is 0.247 e. The molecule has 0 aliphatic heterocycles. The molecule has 0 aliphatic rings. The molecule has 0 radical (unpaired) electrons. The minimum Gasteiger partial charge on any atom is -0.324 e. The van der Waals surface area contributed by atoms with Gasteiger partial charge in [-0.3, -0.25) is 9.10 Å². The molecule has 0 saturated heterocycles. The Morgan fingerprint density at radius 3 is 2.16 bits per heavy atom. The van der Waals surface area contributed by atoms with E-state index in [1.807, 2.05) is 0 Å². The van der Waals surface area contributed by atoms with Gasteiger partial charge in [-0.1, -0.05) is 40.9 Å². The van der Waals surface area contributed by atoms with E-state index in [0.29, 0.717) is 10.7 Å². The monoisotopic (exact) mass is 420 g/mol. The first-order valence-electron chi connectivity index (χ1n) is 7.10. The minimum atomic E-state index is -3.77. The Morgan fingerprint density at radius 1 is 1.04 bits per heavy atom. The molecular weight excluding hydrogens is 407 g/mol. The Morgan fingerprint density at radius 2 is 1.64 bits per heavy atom. The molecule has 0 saturated carbocycles. The standard InChI is InChI=1S/C16H15Cl3N2O3S/c1-10(16(22)20-14-5-3-4-11(17)7-14)21(25(2,23)24)15-8-12(18)6-13(19)9-15/h3-10H,1-2H3,(H,20,22). The summed E-state index contributed by atoms with van der Waals surface area (Å²) < 4.78 is 25.5. The van der Waals surface area contributed by atoms with Gasteiger partial charge in [-0.05, 0) is 43.3 Å². The van der Waals surface area contributed by atoms with Crippen molar-refractivity contribution in [2.45, 2.75) is 13.0 Å². The molecule has 0 fully saturated rings. The lowest BCUT2D eigenvalue weighted by Gasteiger charge is -2.28. The Kier molecular flexibility index (Phi) is 6.21. The van der Waals surface area contributed by atoms with Crippen molar-refractivity contribution in [3.05, 3.63) is 57.5 Å². The summed E-state index contributed by atoms with van der Waals surface area (Å²) in [7, 11) is -3.77. The van der Waals surface area contributed by atoms with Crippen molar-refractivity contribution >= 4 is 62.1 Å². The summed E-state index contributed by atoms with van der Waals surface area (Å²) in [5.41, 5.74) is 0.663. The molecule has 0 aromatic heterocycles. The first-order chi connectivity index (χ1) is 11.6. The van der Waals surface area contributed by atoms with Gasteiger partial charge in [0.2, 0.25) is 15.9 Å². The lowest BCUT2D eigenvalue weighted by Crippen LogP contribution is -2.45. The van der Waals surface area contributed by atoms with Crippen molar-refractivity contribution in [2.75, 3.05) is 15.9 Å². The second-order valence-electron chi connectivity index (χ2n) is 5.36. The Bertz CT molecular complexity index is 883. The van der Waals surface area contributed by atoms with E-state index >= 15 is 0 Å². The third-order valence-corrected chi connectivity index (χ3v) is 5.20. The molecule has 2 aromatic rings. The Balaban J connectivity index is 2.36. The van der Waals surface area contributed by atoms with Crippen LogP contribution in [0.3, 0.4) is 0 Å². The van der Waals surface area contributed by atoms with Crippen LogP contribution in [0.4, 0.5) is 11.4 Å². The number of sulfonamides is 1. The van der Waals surface area contributed by atoms with E-state index in [4.69, 9.17) is 34.8 Å². The number of hydrogen-bond donors (Lipinski definition) is 1. The molecule has 1 amide bonds. The van der Waals surface area contributed by atoms with Crippen LogP contribution in [0.15, 0.2) is 42.5 Å². The van der Waals surface area contributed by atoms with E-state index in [0.717, 1.165) is 10.6 Å². The van der Waals surface area contributed by atoms with E-state index in [1.54, 1.807) is 24.3 Å². The topological polar surface area (TPSA) is 66.5 Å². The predicted molar refractivity (Wildman–Crippen MR) is 103 cm³/mol. The second-order valence-corrected chi connectivity index (χ2v) is 8.53. The molecule has 0 bridgehead atoms.